The topological polar surface area (TPSA) is 77.8 Å². The Hall–Kier alpha value is -2.02. The summed E-state index contributed by atoms with van der Waals surface area (Å²) >= 11 is 0. The van der Waals surface area contributed by atoms with Crippen molar-refractivity contribution in [1.29, 1.82) is 0 Å². The second-order valence-electron chi connectivity index (χ2n) is 4.75. The molecule has 1 amide bonds. The molecule has 1 aliphatic rings. The number of nitrogens with zero attached hydrogens (tertiary/aromatic N) is 1. The predicted molar refractivity (Wildman–Crippen MR) is 64.2 cm³/mol. The molecule has 1 aliphatic heterocycles. The predicted octanol–water partition coefficient (Wildman–Crippen LogP) is 0.933. The summed E-state index contributed by atoms with van der Waals surface area (Å²) in [5, 5.41) is 18.5. The first-order chi connectivity index (χ1) is 9.32. The SMILES string of the molecule is Cc1ccc(F)c(C(=O)N2CC(O)C[C@H]2C(=O)O)c1F. The number of aliphatic carboxylic acids is 1. The van der Waals surface area contributed by atoms with Crippen molar-refractivity contribution in [1.82, 2.24) is 4.90 Å². The van der Waals surface area contributed by atoms with Crippen LogP contribution in [0, 0.1) is 18.6 Å². The molecule has 1 heterocycles. The van der Waals surface area contributed by atoms with Crippen LogP contribution in [0.2, 0.25) is 0 Å². The molecule has 5 nitrogen and oxygen atoms in total. The Bertz CT molecular complexity index is 576. The lowest BCUT2D eigenvalue weighted by Gasteiger charge is -2.22. The molecule has 0 aromatic heterocycles. The summed E-state index contributed by atoms with van der Waals surface area (Å²) in [5.41, 5.74) is -0.702. The largest absolute Gasteiger partial charge is 0.480 e. The lowest BCUT2D eigenvalue weighted by molar-refractivity contribution is -0.141. The molecule has 1 aromatic carbocycles. The number of carboxylic acids is 1. The number of likely N-dealkylation sites (tertiary alicyclic amines) is 1. The standard InChI is InChI=1S/C13H13F2NO4/c1-6-2-3-8(14)10(11(6)15)12(18)16-5-7(17)4-9(16)13(19)20/h2-3,7,9,17H,4-5H2,1H3,(H,19,20)/t7?,9-/m0/s1. The third-order valence-electron chi connectivity index (χ3n) is 3.32. The van der Waals surface area contributed by atoms with E-state index < -0.39 is 41.2 Å². The van der Waals surface area contributed by atoms with Crippen LogP contribution in [0.5, 0.6) is 0 Å². The quantitative estimate of drug-likeness (QED) is 0.847. The highest BCUT2D eigenvalue weighted by molar-refractivity contribution is 5.97. The van der Waals surface area contributed by atoms with Crippen LogP contribution >= 0.6 is 0 Å². The highest BCUT2D eigenvalue weighted by atomic mass is 19.1. The third-order valence-corrected chi connectivity index (χ3v) is 3.32. The number of hydrogen-bond acceptors (Lipinski definition) is 3. The highest BCUT2D eigenvalue weighted by Gasteiger charge is 2.40. The molecule has 0 radical (unpaired) electrons. The summed E-state index contributed by atoms with van der Waals surface area (Å²) in [6.45, 7) is 1.11. The Morgan fingerprint density at radius 2 is 2.00 bits per heavy atom. The Morgan fingerprint density at radius 1 is 1.35 bits per heavy atom. The molecule has 1 unspecified atom stereocenters. The Balaban J connectivity index is 2.41. The maximum Gasteiger partial charge on any atom is 0.326 e. The van der Waals surface area contributed by atoms with Crippen LogP contribution in [0.4, 0.5) is 8.78 Å². The zero-order valence-electron chi connectivity index (χ0n) is 10.6. The van der Waals surface area contributed by atoms with Gasteiger partial charge < -0.3 is 15.1 Å². The van der Waals surface area contributed by atoms with Crippen molar-refractivity contribution in [3.05, 3.63) is 34.9 Å². The molecule has 7 heteroatoms. The average Bonchev–Trinajstić information content (AvgIpc) is 2.76. The Kier molecular flexibility index (Phi) is 3.71. The van der Waals surface area contributed by atoms with Crippen LogP contribution in [0.1, 0.15) is 22.3 Å². The number of carbonyl (C=O) groups is 2. The monoisotopic (exact) mass is 285 g/mol. The first kappa shape index (κ1) is 14.4. The minimum Gasteiger partial charge on any atom is -0.480 e. The summed E-state index contributed by atoms with van der Waals surface area (Å²) in [7, 11) is 0. The van der Waals surface area contributed by atoms with Crippen molar-refractivity contribution in [2.45, 2.75) is 25.5 Å². The first-order valence-electron chi connectivity index (χ1n) is 5.99. The third kappa shape index (κ3) is 2.36. The van der Waals surface area contributed by atoms with E-state index in [0.717, 1.165) is 11.0 Å². The zero-order chi connectivity index (χ0) is 15.0. The number of halogens is 2. The van der Waals surface area contributed by atoms with Crippen molar-refractivity contribution in [3.63, 3.8) is 0 Å². The number of carbonyl (C=O) groups excluding carboxylic acids is 1. The molecule has 0 saturated carbocycles. The molecule has 1 fully saturated rings. The van der Waals surface area contributed by atoms with Crippen LogP contribution in [0.15, 0.2) is 12.1 Å². The van der Waals surface area contributed by atoms with Gasteiger partial charge >= 0.3 is 5.97 Å². The zero-order valence-corrected chi connectivity index (χ0v) is 10.6. The number of carboxylic acid groups (broad SMARTS) is 1. The molecule has 108 valence electrons. The summed E-state index contributed by atoms with van der Waals surface area (Å²) in [6.07, 6.45) is -1.17. The van der Waals surface area contributed by atoms with Gasteiger partial charge in [0, 0.05) is 13.0 Å². The van der Waals surface area contributed by atoms with E-state index in [9.17, 15) is 23.5 Å². The minimum atomic E-state index is -1.32. The number of rotatable bonds is 2. The van der Waals surface area contributed by atoms with Crippen LogP contribution in [-0.4, -0.2) is 45.7 Å². The van der Waals surface area contributed by atoms with Crippen LogP contribution in [0.3, 0.4) is 0 Å². The van der Waals surface area contributed by atoms with Gasteiger partial charge in [-0.15, -0.1) is 0 Å². The van der Waals surface area contributed by atoms with Gasteiger partial charge in [0.1, 0.15) is 23.2 Å². The van der Waals surface area contributed by atoms with Gasteiger partial charge in [-0.2, -0.15) is 0 Å². The summed E-state index contributed by atoms with van der Waals surface area (Å²) in [4.78, 5) is 24.0. The lowest BCUT2D eigenvalue weighted by atomic mass is 10.1. The molecule has 2 N–H and O–H groups in total. The molecule has 20 heavy (non-hydrogen) atoms. The van der Waals surface area contributed by atoms with Gasteiger partial charge in [-0.05, 0) is 18.6 Å². The molecule has 2 atom stereocenters. The van der Waals surface area contributed by atoms with Crippen molar-refractivity contribution in [3.8, 4) is 0 Å². The Labute approximate surface area is 113 Å². The van der Waals surface area contributed by atoms with Gasteiger partial charge in [-0.1, -0.05) is 6.07 Å². The number of aliphatic hydroxyl groups excluding tert-OH is 1. The van der Waals surface area contributed by atoms with E-state index in [4.69, 9.17) is 5.11 Å². The second-order valence-corrected chi connectivity index (χ2v) is 4.75. The van der Waals surface area contributed by atoms with Crippen molar-refractivity contribution >= 4 is 11.9 Å². The maximum absolute atomic E-state index is 13.9. The summed E-state index contributed by atoms with van der Waals surface area (Å²) in [6, 6.07) is 0.861. The van der Waals surface area contributed by atoms with Gasteiger partial charge in [0.2, 0.25) is 0 Å². The maximum atomic E-state index is 13.9. The summed E-state index contributed by atoms with van der Waals surface area (Å²) in [5.74, 6) is -4.44. The molecular weight excluding hydrogens is 272 g/mol. The van der Waals surface area contributed by atoms with E-state index in [1.807, 2.05) is 0 Å². The molecule has 1 aromatic rings. The summed E-state index contributed by atoms with van der Waals surface area (Å²) < 4.78 is 27.6. The van der Waals surface area contributed by atoms with Crippen molar-refractivity contribution in [2.75, 3.05) is 6.54 Å². The molecular formula is C13H13F2NO4. The van der Waals surface area contributed by atoms with E-state index in [-0.39, 0.29) is 18.5 Å². The van der Waals surface area contributed by atoms with Crippen molar-refractivity contribution in [2.24, 2.45) is 0 Å². The van der Waals surface area contributed by atoms with E-state index in [0.29, 0.717) is 0 Å². The number of benzene rings is 1. The fraction of sp³-hybridized carbons (Fsp3) is 0.385. The lowest BCUT2D eigenvalue weighted by Crippen LogP contribution is -2.41. The van der Waals surface area contributed by atoms with Gasteiger partial charge in [0.15, 0.2) is 0 Å². The first-order valence-corrected chi connectivity index (χ1v) is 5.99. The second kappa shape index (κ2) is 5.16. The number of hydrogen-bond donors (Lipinski definition) is 2. The molecule has 1 saturated heterocycles. The van der Waals surface area contributed by atoms with Gasteiger partial charge in [0.05, 0.1) is 6.10 Å². The highest BCUT2D eigenvalue weighted by Crippen LogP contribution is 2.24. The van der Waals surface area contributed by atoms with E-state index in [1.54, 1.807) is 0 Å². The van der Waals surface area contributed by atoms with Gasteiger partial charge in [0.25, 0.3) is 5.91 Å². The molecule has 0 aliphatic carbocycles. The Morgan fingerprint density at radius 3 is 2.60 bits per heavy atom. The number of amides is 1. The number of aryl methyl sites for hydroxylation is 1. The van der Waals surface area contributed by atoms with Gasteiger partial charge in [-0.3, -0.25) is 4.79 Å². The number of aliphatic hydroxyl groups is 1. The minimum absolute atomic E-state index is 0.0846. The fourth-order valence-corrected chi connectivity index (χ4v) is 2.27. The van der Waals surface area contributed by atoms with E-state index >= 15 is 0 Å². The van der Waals surface area contributed by atoms with E-state index in [2.05, 4.69) is 0 Å². The normalized spacial score (nSPS) is 22.1. The molecule has 2 rings (SSSR count). The van der Waals surface area contributed by atoms with Crippen molar-refractivity contribution < 1.29 is 28.6 Å². The van der Waals surface area contributed by atoms with E-state index in [1.165, 1.54) is 13.0 Å². The van der Waals surface area contributed by atoms with Crippen LogP contribution in [0.25, 0.3) is 0 Å². The fourth-order valence-electron chi connectivity index (χ4n) is 2.27. The van der Waals surface area contributed by atoms with Gasteiger partial charge in [-0.25, -0.2) is 13.6 Å². The average molecular weight is 285 g/mol. The van der Waals surface area contributed by atoms with Crippen LogP contribution < -0.4 is 0 Å². The molecule has 0 spiro atoms. The number of β-amino-alcohol motifs (C(OH)–C–C–N with tert-alkyl or cyclic N) is 1. The smallest absolute Gasteiger partial charge is 0.326 e. The van der Waals surface area contributed by atoms with Crippen LogP contribution in [-0.2, 0) is 4.79 Å². The molecule has 0 bridgehead atoms.